The predicted octanol–water partition coefficient (Wildman–Crippen LogP) is 4.65. The van der Waals surface area contributed by atoms with Gasteiger partial charge < -0.3 is 10.6 Å². The Morgan fingerprint density at radius 2 is 1.98 bits per heavy atom. The number of fused-ring (bicyclic) bond motifs is 1. The molecule has 5 aromatic heterocycles. The van der Waals surface area contributed by atoms with Crippen molar-refractivity contribution in [3.05, 3.63) is 66.5 Å². The van der Waals surface area contributed by atoms with Crippen molar-refractivity contribution in [3.63, 3.8) is 0 Å². The predicted molar refractivity (Wildman–Crippen MR) is 151 cm³/mol. The van der Waals surface area contributed by atoms with Crippen LogP contribution in [0.1, 0.15) is 37.1 Å². The molecule has 1 amide bonds. The van der Waals surface area contributed by atoms with Gasteiger partial charge in [-0.05, 0) is 56.5 Å². The molecule has 0 radical (unpaired) electrons. The van der Waals surface area contributed by atoms with E-state index in [1.165, 1.54) is 54.2 Å². The number of aryl methyl sites for hydroxylation is 1. The van der Waals surface area contributed by atoms with Crippen molar-refractivity contribution in [2.75, 3.05) is 23.7 Å². The highest BCUT2D eigenvalue weighted by molar-refractivity contribution is 7.10. The first-order chi connectivity index (χ1) is 19.5. The van der Waals surface area contributed by atoms with Crippen LogP contribution in [-0.2, 0) is 17.9 Å². The lowest BCUT2D eigenvalue weighted by molar-refractivity contribution is -0.116. The Hall–Kier alpha value is -4.23. The molecule has 1 fully saturated rings. The highest BCUT2D eigenvalue weighted by Gasteiger charge is 2.16. The summed E-state index contributed by atoms with van der Waals surface area (Å²) in [6.07, 6.45) is 14.7. The highest BCUT2D eigenvalue weighted by Crippen LogP contribution is 2.28. The molecule has 0 saturated carbocycles. The lowest BCUT2D eigenvalue weighted by atomic mass is 10.2. The number of nitrogens with zero attached hydrogens (tertiary/aromatic N) is 8. The molecule has 2 N–H and O–H groups in total. The molecule has 206 valence electrons. The molecular weight excluding hydrogens is 531 g/mol. The molecule has 40 heavy (non-hydrogen) atoms. The van der Waals surface area contributed by atoms with Gasteiger partial charge in [0.1, 0.15) is 11.5 Å². The van der Waals surface area contributed by atoms with E-state index in [1.54, 1.807) is 18.6 Å². The molecule has 5 aromatic rings. The number of aromatic nitrogens is 7. The van der Waals surface area contributed by atoms with E-state index in [-0.39, 0.29) is 12.2 Å². The average Bonchev–Trinajstić information content (AvgIpc) is 3.62. The van der Waals surface area contributed by atoms with E-state index in [0.29, 0.717) is 11.5 Å². The van der Waals surface area contributed by atoms with E-state index in [4.69, 9.17) is 4.98 Å². The van der Waals surface area contributed by atoms with Crippen LogP contribution >= 0.6 is 11.5 Å². The van der Waals surface area contributed by atoms with Crippen LogP contribution in [0, 0.1) is 12.7 Å². The molecule has 0 aromatic carbocycles. The monoisotopic (exact) mass is 560 g/mol. The second-order valence-corrected chi connectivity index (χ2v) is 10.7. The fraction of sp³-hybridized carbons (Fsp3) is 0.333. The summed E-state index contributed by atoms with van der Waals surface area (Å²) < 4.78 is 21.9. The molecule has 6 heterocycles. The van der Waals surface area contributed by atoms with E-state index < -0.39 is 11.7 Å². The average molecular weight is 561 g/mol. The van der Waals surface area contributed by atoms with Gasteiger partial charge in [-0.1, -0.05) is 12.8 Å². The van der Waals surface area contributed by atoms with Crippen molar-refractivity contribution < 1.29 is 9.18 Å². The van der Waals surface area contributed by atoms with Crippen LogP contribution in [0.15, 0.2) is 49.3 Å². The number of anilines is 3. The van der Waals surface area contributed by atoms with Crippen molar-refractivity contribution in [1.82, 2.24) is 38.4 Å². The number of likely N-dealkylation sites (tertiary alicyclic amines) is 1. The molecule has 0 spiro atoms. The number of pyridine rings is 1. The normalized spacial score (nSPS) is 14.3. The molecule has 13 heteroatoms. The number of carbonyl (C=O) groups is 1. The van der Waals surface area contributed by atoms with Crippen molar-refractivity contribution >= 4 is 39.6 Å². The standard InChI is InChI=1S/C27H29FN10OS/c1-18-14-38-23(19-11-31-37(15-19)17-24(39)33-22-6-7-29-12-21(22)28)13-30-27(38)26(32-18)34-25-10-20(35-40-25)16-36-8-4-2-3-5-9-36/h6-7,10-15H,2-5,8-9,16-17H2,1H3,(H,32,34)(H,29,33,39). The molecule has 11 nitrogen and oxygen atoms in total. The zero-order valence-electron chi connectivity index (χ0n) is 22.0. The van der Waals surface area contributed by atoms with Gasteiger partial charge in [0, 0.05) is 30.7 Å². The third kappa shape index (κ3) is 5.84. The second kappa shape index (κ2) is 11.5. The Balaban J connectivity index is 1.17. The van der Waals surface area contributed by atoms with E-state index in [2.05, 4.69) is 41.0 Å². The molecule has 0 unspecified atom stereocenters. The third-order valence-corrected chi connectivity index (χ3v) is 7.52. The number of amides is 1. The van der Waals surface area contributed by atoms with Gasteiger partial charge in [-0.25, -0.2) is 14.4 Å². The summed E-state index contributed by atoms with van der Waals surface area (Å²) in [4.78, 5) is 27.9. The van der Waals surface area contributed by atoms with Crippen LogP contribution in [-0.4, -0.2) is 57.4 Å². The minimum atomic E-state index is -0.594. The number of nitrogens with one attached hydrogen (secondary N) is 2. The number of imidazole rings is 1. The van der Waals surface area contributed by atoms with Gasteiger partial charge in [0.2, 0.25) is 5.91 Å². The molecule has 0 atom stereocenters. The van der Waals surface area contributed by atoms with Crippen LogP contribution in [0.25, 0.3) is 16.9 Å². The van der Waals surface area contributed by atoms with Gasteiger partial charge in [0.15, 0.2) is 17.3 Å². The molecule has 0 aliphatic carbocycles. The van der Waals surface area contributed by atoms with Crippen LogP contribution in [0.5, 0.6) is 0 Å². The van der Waals surface area contributed by atoms with E-state index in [9.17, 15) is 9.18 Å². The summed E-state index contributed by atoms with van der Waals surface area (Å²) in [6, 6.07) is 3.50. The second-order valence-electron chi connectivity index (χ2n) is 9.90. The van der Waals surface area contributed by atoms with Gasteiger partial charge in [0.05, 0.1) is 41.4 Å². The summed E-state index contributed by atoms with van der Waals surface area (Å²) in [6.45, 7) is 4.97. The minimum Gasteiger partial charge on any atom is -0.328 e. The maximum atomic E-state index is 13.8. The van der Waals surface area contributed by atoms with Crippen molar-refractivity contribution in [2.24, 2.45) is 0 Å². The number of carbonyl (C=O) groups excluding carboxylic acids is 1. The first-order valence-electron chi connectivity index (χ1n) is 13.2. The number of hydrogen-bond donors (Lipinski definition) is 2. The van der Waals surface area contributed by atoms with Crippen LogP contribution in [0.4, 0.5) is 20.9 Å². The van der Waals surface area contributed by atoms with Crippen molar-refractivity contribution in [3.8, 4) is 11.3 Å². The zero-order chi connectivity index (χ0) is 27.5. The molecule has 6 rings (SSSR count). The fourth-order valence-electron chi connectivity index (χ4n) is 4.89. The Morgan fingerprint density at radius 3 is 2.80 bits per heavy atom. The van der Waals surface area contributed by atoms with Gasteiger partial charge >= 0.3 is 0 Å². The fourth-order valence-corrected chi connectivity index (χ4v) is 5.54. The summed E-state index contributed by atoms with van der Waals surface area (Å²) in [7, 11) is 0. The zero-order valence-corrected chi connectivity index (χ0v) is 22.9. The van der Waals surface area contributed by atoms with Crippen molar-refractivity contribution in [1.29, 1.82) is 0 Å². The highest BCUT2D eigenvalue weighted by atomic mass is 32.1. The van der Waals surface area contributed by atoms with E-state index in [1.807, 2.05) is 17.5 Å². The smallest absolute Gasteiger partial charge is 0.246 e. The summed E-state index contributed by atoms with van der Waals surface area (Å²) >= 11 is 1.42. The van der Waals surface area contributed by atoms with Gasteiger partial charge in [-0.2, -0.15) is 9.47 Å². The summed E-state index contributed by atoms with van der Waals surface area (Å²) in [5.74, 6) is -0.352. The van der Waals surface area contributed by atoms with Crippen molar-refractivity contribution in [2.45, 2.75) is 45.7 Å². The lowest BCUT2D eigenvalue weighted by Gasteiger charge is -2.17. The first kappa shape index (κ1) is 26.0. The van der Waals surface area contributed by atoms with Crippen LogP contribution in [0.2, 0.25) is 0 Å². The van der Waals surface area contributed by atoms with Crippen LogP contribution < -0.4 is 10.6 Å². The lowest BCUT2D eigenvalue weighted by Crippen LogP contribution is -2.24. The third-order valence-electron chi connectivity index (χ3n) is 6.78. The molecule has 0 bridgehead atoms. The Morgan fingerprint density at radius 1 is 1.12 bits per heavy atom. The van der Waals surface area contributed by atoms with Crippen LogP contribution in [0.3, 0.4) is 0 Å². The number of halogens is 1. The van der Waals surface area contributed by atoms with Gasteiger partial charge in [0.25, 0.3) is 0 Å². The Labute approximate surface area is 234 Å². The Kier molecular flexibility index (Phi) is 7.47. The summed E-state index contributed by atoms with van der Waals surface area (Å²) in [5.41, 5.74) is 4.21. The van der Waals surface area contributed by atoms with Gasteiger partial charge in [-0.3, -0.25) is 23.8 Å². The largest absolute Gasteiger partial charge is 0.328 e. The minimum absolute atomic E-state index is 0.0724. The quantitative estimate of drug-likeness (QED) is 0.282. The first-order valence-corrected chi connectivity index (χ1v) is 14.0. The SMILES string of the molecule is Cc1cn2c(-c3cnn(CC(=O)Nc4ccncc4F)c3)cnc2c(Nc2cc(CN3CCCCCC3)ns2)n1. The topological polar surface area (TPSA) is 118 Å². The van der Waals surface area contributed by atoms with Gasteiger partial charge in [-0.15, -0.1) is 0 Å². The number of rotatable bonds is 8. The maximum Gasteiger partial charge on any atom is 0.246 e. The molecule has 1 aliphatic rings. The molecular formula is C27H29FN10OS. The Bertz CT molecular complexity index is 1640. The maximum absolute atomic E-state index is 13.8. The number of hydrogen-bond acceptors (Lipinski definition) is 9. The molecule has 1 aliphatic heterocycles. The van der Waals surface area contributed by atoms with E-state index in [0.717, 1.165) is 53.5 Å². The van der Waals surface area contributed by atoms with E-state index >= 15 is 0 Å². The molecule has 1 saturated heterocycles. The summed E-state index contributed by atoms with van der Waals surface area (Å²) in [5, 5.41) is 11.2.